The van der Waals surface area contributed by atoms with Gasteiger partial charge in [-0.2, -0.15) is 0 Å². The Bertz CT molecular complexity index is 867. The summed E-state index contributed by atoms with van der Waals surface area (Å²) in [5.74, 6) is -0.454. The highest BCUT2D eigenvalue weighted by Crippen LogP contribution is 2.25. The number of rotatable bonds is 8. The molecule has 0 atom stereocenters. The van der Waals surface area contributed by atoms with Crippen molar-refractivity contribution in [2.45, 2.75) is 18.2 Å². The van der Waals surface area contributed by atoms with Crippen LogP contribution in [0.1, 0.15) is 13.3 Å². The molecule has 2 rings (SSSR count). The zero-order valence-corrected chi connectivity index (χ0v) is 15.0. The van der Waals surface area contributed by atoms with Crippen LogP contribution in [0.3, 0.4) is 0 Å². The molecule has 1 N–H and O–H groups in total. The van der Waals surface area contributed by atoms with E-state index in [1.54, 1.807) is 18.2 Å². The zero-order chi connectivity index (χ0) is 19.2. The van der Waals surface area contributed by atoms with Crippen LogP contribution in [-0.2, 0) is 14.8 Å². The summed E-state index contributed by atoms with van der Waals surface area (Å²) in [7, 11) is -4.00. The van der Waals surface area contributed by atoms with Gasteiger partial charge in [0, 0.05) is 18.7 Å². The minimum Gasteiger partial charge on any atom is -0.355 e. The van der Waals surface area contributed by atoms with E-state index in [9.17, 15) is 23.3 Å². The summed E-state index contributed by atoms with van der Waals surface area (Å²) in [5, 5.41) is 13.4. The van der Waals surface area contributed by atoms with Crippen LogP contribution < -0.4 is 9.62 Å². The number of non-ortho nitro benzene ring substituents is 1. The van der Waals surface area contributed by atoms with Crippen molar-refractivity contribution in [2.75, 3.05) is 17.4 Å². The van der Waals surface area contributed by atoms with Gasteiger partial charge in [-0.05, 0) is 30.7 Å². The van der Waals surface area contributed by atoms with Crippen molar-refractivity contribution in [3.05, 3.63) is 64.7 Å². The van der Waals surface area contributed by atoms with Gasteiger partial charge in [0.25, 0.3) is 15.7 Å². The Labute approximate surface area is 151 Å². The Balaban J connectivity index is 2.41. The van der Waals surface area contributed by atoms with E-state index < -0.39 is 27.4 Å². The van der Waals surface area contributed by atoms with Gasteiger partial charge in [0.05, 0.1) is 15.5 Å². The first kappa shape index (κ1) is 19.4. The standard InChI is InChI=1S/C17H19N3O5S/c1-2-12-18-17(21)13-19(14-8-10-15(11-9-14)20(22)23)26(24,25)16-6-4-3-5-7-16/h3-11H,2,12-13H2,1H3,(H,18,21). The number of nitro groups is 1. The summed E-state index contributed by atoms with van der Waals surface area (Å²) in [5.41, 5.74) is 0.00680. The number of sulfonamides is 1. The van der Waals surface area contributed by atoms with Crippen molar-refractivity contribution >= 4 is 27.3 Å². The molecule has 0 unspecified atom stereocenters. The molecule has 0 fully saturated rings. The van der Waals surface area contributed by atoms with Gasteiger partial charge in [0.15, 0.2) is 0 Å². The molecule has 26 heavy (non-hydrogen) atoms. The maximum atomic E-state index is 13.0. The van der Waals surface area contributed by atoms with Crippen LogP contribution in [0.4, 0.5) is 11.4 Å². The van der Waals surface area contributed by atoms with Crippen LogP contribution in [-0.4, -0.2) is 32.3 Å². The maximum absolute atomic E-state index is 13.0. The second kappa shape index (κ2) is 8.43. The Hall–Kier alpha value is -2.94. The van der Waals surface area contributed by atoms with Crippen LogP contribution >= 0.6 is 0 Å². The molecule has 138 valence electrons. The van der Waals surface area contributed by atoms with Crippen LogP contribution in [0.5, 0.6) is 0 Å². The maximum Gasteiger partial charge on any atom is 0.269 e. The predicted molar refractivity (Wildman–Crippen MR) is 97.4 cm³/mol. The fraction of sp³-hybridized carbons (Fsp3) is 0.235. The summed E-state index contributed by atoms with van der Waals surface area (Å²) in [6, 6.07) is 12.7. The lowest BCUT2D eigenvalue weighted by Crippen LogP contribution is -2.41. The average molecular weight is 377 g/mol. The van der Waals surface area contributed by atoms with Gasteiger partial charge in [0.1, 0.15) is 6.54 Å². The summed E-state index contributed by atoms with van der Waals surface area (Å²) in [6.45, 7) is 1.89. The number of hydrogen-bond acceptors (Lipinski definition) is 5. The number of nitro benzene ring substituents is 1. The van der Waals surface area contributed by atoms with Crippen LogP contribution in [0.2, 0.25) is 0 Å². The first-order chi connectivity index (χ1) is 12.4. The quantitative estimate of drug-likeness (QED) is 0.561. The number of anilines is 1. The third kappa shape index (κ3) is 4.57. The van der Waals surface area contributed by atoms with E-state index in [-0.39, 0.29) is 16.3 Å². The third-order valence-electron chi connectivity index (χ3n) is 3.54. The van der Waals surface area contributed by atoms with Crippen molar-refractivity contribution < 1.29 is 18.1 Å². The molecule has 0 aliphatic heterocycles. The highest BCUT2D eigenvalue weighted by molar-refractivity contribution is 7.92. The van der Waals surface area contributed by atoms with E-state index in [1.807, 2.05) is 6.92 Å². The Morgan fingerprint density at radius 3 is 2.27 bits per heavy atom. The lowest BCUT2D eigenvalue weighted by molar-refractivity contribution is -0.384. The van der Waals surface area contributed by atoms with E-state index >= 15 is 0 Å². The molecule has 9 heteroatoms. The van der Waals surface area contributed by atoms with Gasteiger partial charge in [-0.1, -0.05) is 25.1 Å². The molecular weight excluding hydrogens is 358 g/mol. The zero-order valence-electron chi connectivity index (χ0n) is 14.2. The summed E-state index contributed by atoms with van der Waals surface area (Å²) in [6.07, 6.45) is 0.717. The predicted octanol–water partition coefficient (Wildman–Crippen LogP) is 2.32. The summed E-state index contributed by atoms with van der Waals surface area (Å²) < 4.78 is 26.9. The van der Waals surface area contributed by atoms with Crippen molar-refractivity contribution in [2.24, 2.45) is 0 Å². The molecule has 0 saturated heterocycles. The second-order valence-corrected chi connectivity index (χ2v) is 7.31. The Morgan fingerprint density at radius 1 is 1.12 bits per heavy atom. The van der Waals surface area contributed by atoms with Crippen molar-refractivity contribution in [1.82, 2.24) is 5.32 Å². The fourth-order valence-corrected chi connectivity index (χ4v) is 3.67. The van der Waals surface area contributed by atoms with Crippen LogP contribution in [0, 0.1) is 10.1 Å². The summed E-state index contributed by atoms with van der Waals surface area (Å²) >= 11 is 0. The fourth-order valence-electron chi connectivity index (χ4n) is 2.23. The molecular formula is C17H19N3O5S. The number of carbonyl (C=O) groups is 1. The highest BCUT2D eigenvalue weighted by Gasteiger charge is 2.27. The molecule has 0 heterocycles. The van der Waals surface area contributed by atoms with E-state index in [0.29, 0.717) is 13.0 Å². The third-order valence-corrected chi connectivity index (χ3v) is 5.33. The Morgan fingerprint density at radius 2 is 1.73 bits per heavy atom. The first-order valence-corrected chi connectivity index (χ1v) is 9.39. The topological polar surface area (TPSA) is 110 Å². The molecule has 1 amide bonds. The molecule has 0 saturated carbocycles. The normalized spacial score (nSPS) is 11.0. The molecule has 0 aliphatic rings. The monoisotopic (exact) mass is 377 g/mol. The van der Waals surface area contributed by atoms with Gasteiger partial charge in [-0.3, -0.25) is 19.2 Å². The average Bonchev–Trinajstić information content (AvgIpc) is 2.65. The van der Waals surface area contributed by atoms with Crippen LogP contribution in [0.25, 0.3) is 0 Å². The van der Waals surface area contributed by atoms with Crippen molar-refractivity contribution in [3.63, 3.8) is 0 Å². The van der Waals surface area contributed by atoms with Gasteiger partial charge >= 0.3 is 0 Å². The van der Waals surface area contributed by atoms with Crippen molar-refractivity contribution in [1.29, 1.82) is 0 Å². The Kier molecular flexibility index (Phi) is 6.29. The first-order valence-electron chi connectivity index (χ1n) is 7.95. The molecule has 0 aromatic heterocycles. The van der Waals surface area contributed by atoms with E-state index in [0.717, 1.165) is 4.31 Å². The second-order valence-electron chi connectivity index (χ2n) is 5.45. The van der Waals surface area contributed by atoms with Gasteiger partial charge in [0.2, 0.25) is 5.91 Å². The SMILES string of the molecule is CCCNC(=O)CN(c1ccc([N+](=O)[O-])cc1)S(=O)(=O)c1ccccc1. The molecule has 0 aliphatic carbocycles. The van der Waals surface area contributed by atoms with E-state index in [1.165, 1.54) is 36.4 Å². The molecule has 2 aromatic carbocycles. The van der Waals surface area contributed by atoms with Gasteiger partial charge in [-0.25, -0.2) is 8.42 Å². The molecule has 0 radical (unpaired) electrons. The molecule has 0 spiro atoms. The number of nitrogens with zero attached hydrogens (tertiary/aromatic N) is 2. The minimum atomic E-state index is -4.00. The number of amides is 1. The smallest absolute Gasteiger partial charge is 0.269 e. The largest absolute Gasteiger partial charge is 0.355 e. The summed E-state index contributed by atoms with van der Waals surface area (Å²) in [4.78, 5) is 22.4. The number of benzene rings is 2. The van der Waals surface area contributed by atoms with E-state index in [2.05, 4.69) is 5.32 Å². The lowest BCUT2D eigenvalue weighted by Gasteiger charge is -2.24. The highest BCUT2D eigenvalue weighted by atomic mass is 32.2. The number of nitrogens with one attached hydrogen (secondary N) is 1. The van der Waals surface area contributed by atoms with Crippen molar-refractivity contribution in [3.8, 4) is 0 Å². The lowest BCUT2D eigenvalue weighted by atomic mass is 10.3. The van der Waals surface area contributed by atoms with Gasteiger partial charge in [-0.15, -0.1) is 0 Å². The molecule has 2 aromatic rings. The number of hydrogen-bond donors (Lipinski definition) is 1. The minimum absolute atomic E-state index is 0.0293. The molecule has 8 nitrogen and oxygen atoms in total. The van der Waals surface area contributed by atoms with E-state index in [4.69, 9.17) is 0 Å². The molecule has 0 bridgehead atoms. The number of carbonyl (C=O) groups excluding carboxylic acids is 1. The van der Waals surface area contributed by atoms with Crippen LogP contribution in [0.15, 0.2) is 59.5 Å². The van der Waals surface area contributed by atoms with Gasteiger partial charge < -0.3 is 5.32 Å².